The highest BCUT2D eigenvalue weighted by molar-refractivity contribution is 8.18. The minimum Gasteiger partial charge on any atom is -0.454 e. The van der Waals surface area contributed by atoms with E-state index in [-0.39, 0.29) is 42.4 Å². The highest BCUT2D eigenvalue weighted by Gasteiger charge is 2.34. The summed E-state index contributed by atoms with van der Waals surface area (Å²) >= 11 is 0.883. The number of ether oxygens (including phenoxy) is 2. The Morgan fingerprint density at radius 1 is 1.09 bits per heavy atom. The Labute approximate surface area is 190 Å². The molecule has 32 heavy (non-hydrogen) atoms. The zero-order chi connectivity index (χ0) is 22.9. The number of hydrogen-bond donors (Lipinski definition) is 1. The van der Waals surface area contributed by atoms with E-state index in [9.17, 15) is 14.4 Å². The number of nitrogens with zero attached hydrogens (tertiary/aromatic N) is 1. The van der Waals surface area contributed by atoms with Crippen molar-refractivity contribution >= 4 is 34.9 Å². The molecule has 2 aliphatic rings. The van der Waals surface area contributed by atoms with Gasteiger partial charge in [0.15, 0.2) is 11.5 Å². The summed E-state index contributed by atoms with van der Waals surface area (Å²) in [6.45, 7) is 6.78. The van der Waals surface area contributed by atoms with Crippen LogP contribution in [0, 0.1) is 0 Å². The third-order valence-corrected chi connectivity index (χ3v) is 6.11. The number of thioether (sulfide) groups is 1. The van der Waals surface area contributed by atoms with Gasteiger partial charge in [-0.15, -0.1) is 0 Å². The Morgan fingerprint density at radius 2 is 1.81 bits per heavy atom. The molecule has 1 N–H and O–H groups in total. The minimum atomic E-state index is -0.374. The van der Waals surface area contributed by atoms with Gasteiger partial charge in [-0.2, -0.15) is 0 Å². The van der Waals surface area contributed by atoms with Gasteiger partial charge in [0.2, 0.25) is 6.79 Å². The first-order valence-corrected chi connectivity index (χ1v) is 11.1. The van der Waals surface area contributed by atoms with Crippen LogP contribution in [0.4, 0.5) is 4.79 Å². The average Bonchev–Trinajstić information content (AvgIpc) is 3.32. The van der Waals surface area contributed by atoms with Crippen LogP contribution in [-0.2, 0) is 10.2 Å². The van der Waals surface area contributed by atoms with E-state index in [1.54, 1.807) is 36.4 Å². The highest BCUT2D eigenvalue weighted by atomic mass is 32.2. The van der Waals surface area contributed by atoms with Gasteiger partial charge in [-0.3, -0.25) is 19.3 Å². The Kier molecular flexibility index (Phi) is 5.97. The number of imide groups is 1. The number of nitrogens with one attached hydrogen (secondary N) is 1. The van der Waals surface area contributed by atoms with Crippen molar-refractivity contribution in [3.8, 4) is 11.5 Å². The molecule has 3 amide bonds. The Hall–Kier alpha value is -3.26. The fourth-order valence-electron chi connectivity index (χ4n) is 3.35. The van der Waals surface area contributed by atoms with Crippen LogP contribution in [0.2, 0.25) is 0 Å². The summed E-state index contributed by atoms with van der Waals surface area (Å²) in [4.78, 5) is 38.9. The van der Waals surface area contributed by atoms with Crippen molar-refractivity contribution in [3.63, 3.8) is 0 Å². The quantitative estimate of drug-likeness (QED) is 0.685. The monoisotopic (exact) mass is 452 g/mol. The molecule has 2 aliphatic heterocycles. The van der Waals surface area contributed by atoms with E-state index in [1.165, 1.54) is 0 Å². The van der Waals surface area contributed by atoms with Crippen LogP contribution in [0.5, 0.6) is 11.5 Å². The number of fused-ring (bicyclic) bond motifs is 1. The van der Waals surface area contributed by atoms with E-state index < -0.39 is 0 Å². The molecule has 0 bridgehead atoms. The van der Waals surface area contributed by atoms with Gasteiger partial charge in [-0.1, -0.05) is 39.0 Å². The van der Waals surface area contributed by atoms with Crippen LogP contribution in [0.15, 0.2) is 47.4 Å². The summed E-state index contributed by atoms with van der Waals surface area (Å²) in [6.07, 6.45) is 1.65. The van der Waals surface area contributed by atoms with Gasteiger partial charge in [-0.25, -0.2) is 0 Å². The summed E-state index contributed by atoms with van der Waals surface area (Å²) in [5, 5.41) is 2.42. The molecule has 0 atom stereocenters. The summed E-state index contributed by atoms with van der Waals surface area (Å²) in [6, 6.07) is 12.8. The topological polar surface area (TPSA) is 84.9 Å². The highest BCUT2D eigenvalue weighted by Crippen LogP contribution is 2.36. The molecule has 8 heteroatoms. The fraction of sp³-hybridized carbons (Fsp3) is 0.292. The molecule has 166 valence electrons. The maximum Gasteiger partial charge on any atom is 0.293 e. The number of amides is 3. The second-order valence-corrected chi connectivity index (χ2v) is 9.52. The van der Waals surface area contributed by atoms with E-state index in [1.807, 2.05) is 12.1 Å². The molecule has 0 spiro atoms. The van der Waals surface area contributed by atoms with Gasteiger partial charge in [0.05, 0.1) is 4.91 Å². The number of carbonyl (C=O) groups excluding carboxylic acids is 3. The SMILES string of the molecule is CC(C)(C)c1ccc(C(=O)NCCN2C(=O)S/C(=C\c3ccc4c(c3)OCO4)C2=O)cc1. The van der Waals surface area contributed by atoms with Gasteiger partial charge < -0.3 is 14.8 Å². The lowest BCUT2D eigenvalue weighted by Gasteiger charge is -2.19. The molecule has 0 radical (unpaired) electrons. The van der Waals surface area contributed by atoms with Crippen LogP contribution in [0.1, 0.15) is 42.3 Å². The molecule has 0 aliphatic carbocycles. The van der Waals surface area contributed by atoms with Crippen LogP contribution < -0.4 is 14.8 Å². The normalized spacial score (nSPS) is 16.7. The predicted octanol–water partition coefficient (Wildman–Crippen LogP) is 4.18. The summed E-state index contributed by atoms with van der Waals surface area (Å²) in [7, 11) is 0. The van der Waals surface area contributed by atoms with Crippen LogP contribution in [0.3, 0.4) is 0 Å². The molecule has 1 saturated heterocycles. The molecule has 4 rings (SSSR count). The largest absolute Gasteiger partial charge is 0.454 e. The lowest BCUT2D eigenvalue weighted by molar-refractivity contribution is -0.122. The van der Waals surface area contributed by atoms with Crippen molar-refractivity contribution in [2.24, 2.45) is 0 Å². The second kappa shape index (κ2) is 8.70. The number of hydrogen-bond acceptors (Lipinski definition) is 6. The lowest BCUT2D eigenvalue weighted by atomic mass is 9.87. The van der Waals surface area contributed by atoms with Crippen molar-refractivity contribution in [1.82, 2.24) is 10.2 Å². The average molecular weight is 453 g/mol. The fourth-order valence-corrected chi connectivity index (χ4v) is 4.22. The molecule has 2 heterocycles. The van der Waals surface area contributed by atoms with Crippen molar-refractivity contribution in [3.05, 3.63) is 64.1 Å². The van der Waals surface area contributed by atoms with Gasteiger partial charge >= 0.3 is 0 Å². The molecule has 2 aromatic carbocycles. The molecule has 0 saturated carbocycles. The summed E-state index contributed by atoms with van der Waals surface area (Å²) < 4.78 is 10.6. The van der Waals surface area contributed by atoms with Gasteiger partial charge in [0.1, 0.15) is 0 Å². The Balaban J connectivity index is 1.34. The second-order valence-electron chi connectivity index (χ2n) is 8.53. The minimum absolute atomic E-state index is 0.00890. The van der Waals surface area contributed by atoms with E-state index in [2.05, 4.69) is 26.1 Å². The predicted molar refractivity (Wildman–Crippen MR) is 123 cm³/mol. The third kappa shape index (κ3) is 4.65. The first-order valence-electron chi connectivity index (χ1n) is 10.3. The van der Waals surface area contributed by atoms with Gasteiger partial charge in [0.25, 0.3) is 17.1 Å². The van der Waals surface area contributed by atoms with E-state index in [4.69, 9.17) is 9.47 Å². The standard InChI is InChI=1S/C24H24N2O5S/c1-24(2,3)17-7-5-16(6-8-17)21(27)25-10-11-26-22(28)20(32-23(26)29)13-15-4-9-18-19(12-15)31-14-30-18/h4-9,12-13H,10-11,14H2,1-3H3,(H,25,27)/b20-13-. The van der Waals surface area contributed by atoms with E-state index in [0.717, 1.165) is 27.8 Å². The zero-order valence-corrected chi connectivity index (χ0v) is 19.0. The molecular formula is C24H24N2O5S. The zero-order valence-electron chi connectivity index (χ0n) is 18.1. The Bertz CT molecular complexity index is 1100. The number of carbonyl (C=O) groups is 3. The molecule has 0 unspecified atom stereocenters. The maximum absolute atomic E-state index is 12.7. The smallest absolute Gasteiger partial charge is 0.293 e. The van der Waals surface area contributed by atoms with E-state index in [0.29, 0.717) is 22.0 Å². The Morgan fingerprint density at radius 3 is 2.53 bits per heavy atom. The third-order valence-electron chi connectivity index (χ3n) is 5.20. The molecule has 1 fully saturated rings. The number of benzene rings is 2. The van der Waals surface area contributed by atoms with Crippen molar-refractivity contribution in [2.75, 3.05) is 19.9 Å². The first-order chi connectivity index (χ1) is 15.2. The van der Waals surface area contributed by atoms with Crippen molar-refractivity contribution in [1.29, 1.82) is 0 Å². The summed E-state index contributed by atoms with van der Waals surface area (Å²) in [5.41, 5.74) is 2.43. The van der Waals surface area contributed by atoms with Crippen LogP contribution in [-0.4, -0.2) is 41.8 Å². The van der Waals surface area contributed by atoms with Gasteiger partial charge in [0, 0.05) is 18.7 Å². The van der Waals surface area contributed by atoms with Crippen LogP contribution in [0.25, 0.3) is 6.08 Å². The van der Waals surface area contributed by atoms with E-state index >= 15 is 0 Å². The molecule has 2 aromatic rings. The lowest BCUT2D eigenvalue weighted by Crippen LogP contribution is -2.37. The number of rotatable bonds is 5. The van der Waals surface area contributed by atoms with Crippen molar-refractivity contribution < 1.29 is 23.9 Å². The van der Waals surface area contributed by atoms with Crippen LogP contribution >= 0.6 is 11.8 Å². The van der Waals surface area contributed by atoms with Gasteiger partial charge in [-0.05, 0) is 58.6 Å². The molecule has 0 aromatic heterocycles. The maximum atomic E-state index is 12.7. The van der Waals surface area contributed by atoms with Crippen molar-refractivity contribution in [2.45, 2.75) is 26.2 Å². The first kappa shape index (κ1) is 22.0. The molecular weight excluding hydrogens is 428 g/mol. The molecule has 7 nitrogen and oxygen atoms in total. The summed E-state index contributed by atoms with van der Waals surface area (Å²) in [5.74, 6) is 0.644.